The van der Waals surface area contributed by atoms with Gasteiger partial charge in [-0.3, -0.25) is 0 Å². The zero-order chi connectivity index (χ0) is 9.14. The first-order valence-corrected chi connectivity index (χ1v) is 4.78. The Labute approximate surface area is 82.5 Å². The minimum Gasteiger partial charge on any atom is -0.305 e. The van der Waals surface area contributed by atoms with Crippen LogP contribution in [0.2, 0.25) is 0 Å². The molecular weight excluding hydrogens is 214 g/mol. The lowest BCUT2D eigenvalue weighted by molar-refractivity contribution is 0.402. The van der Waals surface area contributed by atoms with Crippen molar-refractivity contribution in [1.82, 2.24) is 4.90 Å². The molecule has 0 aliphatic carbocycles. The quantitative estimate of drug-likeness (QED) is 0.752. The first-order chi connectivity index (χ1) is 5.58. The molecule has 0 bridgehead atoms. The standard InChI is InChI=1S/C10H14BrN/c1-8-4-9(7-12(2)3)6-10(11)5-8/h4-6H,7H2,1-3H3. The van der Waals surface area contributed by atoms with Crippen molar-refractivity contribution in [3.63, 3.8) is 0 Å². The van der Waals surface area contributed by atoms with Crippen LogP contribution in [0.1, 0.15) is 11.1 Å². The zero-order valence-corrected chi connectivity index (χ0v) is 9.35. The number of aryl methyl sites for hydroxylation is 1. The van der Waals surface area contributed by atoms with E-state index in [1.165, 1.54) is 15.6 Å². The molecule has 0 spiro atoms. The van der Waals surface area contributed by atoms with Crippen molar-refractivity contribution < 1.29 is 0 Å². The zero-order valence-electron chi connectivity index (χ0n) is 7.76. The molecule has 2 heteroatoms. The van der Waals surface area contributed by atoms with E-state index < -0.39 is 0 Å². The van der Waals surface area contributed by atoms with Crippen LogP contribution < -0.4 is 0 Å². The molecule has 1 nitrogen and oxygen atoms in total. The summed E-state index contributed by atoms with van der Waals surface area (Å²) in [6.45, 7) is 3.12. The van der Waals surface area contributed by atoms with Gasteiger partial charge in [0.1, 0.15) is 0 Å². The van der Waals surface area contributed by atoms with Crippen LogP contribution in [-0.2, 0) is 6.54 Å². The van der Waals surface area contributed by atoms with Crippen LogP contribution in [0.4, 0.5) is 0 Å². The highest BCUT2D eigenvalue weighted by atomic mass is 79.9. The van der Waals surface area contributed by atoms with E-state index in [0.717, 1.165) is 6.54 Å². The topological polar surface area (TPSA) is 3.24 Å². The highest BCUT2D eigenvalue weighted by Gasteiger charge is 1.97. The summed E-state index contributed by atoms with van der Waals surface area (Å²) >= 11 is 3.48. The fourth-order valence-corrected chi connectivity index (χ4v) is 1.92. The van der Waals surface area contributed by atoms with Crippen molar-refractivity contribution in [3.05, 3.63) is 33.8 Å². The van der Waals surface area contributed by atoms with Gasteiger partial charge in [-0.05, 0) is 44.3 Å². The van der Waals surface area contributed by atoms with E-state index >= 15 is 0 Å². The van der Waals surface area contributed by atoms with E-state index in [1.54, 1.807) is 0 Å². The lowest BCUT2D eigenvalue weighted by Gasteiger charge is -2.10. The second-order valence-corrected chi connectivity index (χ2v) is 4.29. The third-order valence-electron chi connectivity index (χ3n) is 1.60. The SMILES string of the molecule is Cc1cc(Br)cc(CN(C)C)c1. The third kappa shape index (κ3) is 2.95. The summed E-state index contributed by atoms with van der Waals surface area (Å²) < 4.78 is 1.17. The Morgan fingerprint density at radius 3 is 2.42 bits per heavy atom. The van der Waals surface area contributed by atoms with E-state index in [0.29, 0.717) is 0 Å². The van der Waals surface area contributed by atoms with Crippen LogP contribution in [0.15, 0.2) is 22.7 Å². The van der Waals surface area contributed by atoms with Gasteiger partial charge in [0.15, 0.2) is 0 Å². The minimum atomic E-state index is 1.00. The van der Waals surface area contributed by atoms with Crippen LogP contribution in [0.3, 0.4) is 0 Å². The van der Waals surface area contributed by atoms with E-state index in [4.69, 9.17) is 0 Å². The molecule has 66 valence electrons. The molecule has 0 aliphatic rings. The molecule has 0 unspecified atom stereocenters. The third-order valence-corrected chi connectivity index (χ3v) is 2.06. The van der Waals surface area contributed by atoms with E-state index in [-0.39, 0.29) is 0 Å². The van der Waals surface area contributed by atoms with E-state index in [1.807, 2.05) is 0 Å². The smallest absolute Gasteiger partial charge is 0.0228 e. The number of hydrogen-bond acceptors (Lipinski definition) is 1. The summed E-state index contributed by atoms with van der Waals surface area (Å²) in [6, 6.07) is 6.50. The molecule has 0 N–H and O–H groups in total. The van der Waals surface area contributed by atoms with Crippen molar-refractivity contribution >= 4 is 15.9 Å². The van der Waals surface area contributed by atoms with Gasteiger partial charge in [0.25, 0.3) is 0 Å². The second-order valence-electron chi connectivity index (χ2n) is 3.37. The van der Waals surface area contributed by atoms with Gasteiger partial charge in [0.05, 0.1) is 0 Å². The Bertz CT molecular complexity index is 248. The largest absolute Gasteiger partial charge is 0.305 e. The van der Waals surface area contributed by atoms with Crippen LogP contribution in [-0.4, -0.2) is 19.0 Å². The average molecular weight is 228 g/mol. The molecule has 0 radical (unpaired) electrons. The molecule has 0 aromatic heterocycles. The van der Waals surface area contributed by atoms with Gasteiger partial charge in [-0.15, -0.1) is 0 Å². The molecule has 0 atom stereocenters. The van der Waals surface area contributed by atoms with Crippen molar-refractivity contribution in [1.29, 1.82) is 0 Å². The molecule has 0 heterocycles. The fourth-order valence-electron chi connectivity index (χ4n) is 1.27. The Morgan fingerprint density at radius 2 is 1.92 bits per heavy atom. The number of benzene rings is 1. The van der Waals surface area contributed by atoms with Gasteiger partial charge in [-0.25, -0.2) is 0 Å². The maximum Gasteiger partial charge on any atom is 0.0228 e. The molecule has 0 fully saturated rings. The number of rotatable bonds is 2. The van der Waals surface area contributed by atoms with Crippen LogP contribution >= 0.6 is 15.9 Å². The van der Waals surface area contributed by atoms with E-state index in [2.05, 4.69) is 60.0 Å². The molecule has 0 amide bonds. The predicted octanol–water partition coefficient (Wildman–Crippen LogP) is 2.82. The summed E-state index contributed by atoms with van der Waals surface area (Å²) in [7, 11) is 4.16. The van der Waals surface area contributed by atoms with E-state index in [9.17, 15) is 0 Å². The number of nitrogens with zero attached hydrogens (tertiary/aromatic N) is 1. The maximum absolute atomic E-state index is 3.48. The molecule has 1 aromatic rings. The lowest BCUT2D eigenvalue weighted by Crippen LogP contribution is -2.10. The van der Waals surface area contributed by atoms with Crippen molar-refractivity contribution in [2.75, 3.05) is 14.1 Å². The van der Waals surface area contributed by atoms with Gasteiger partial charge in [-0.2, -0.15) is 0 Å². The lowest BCUT2D eigenvalue weighted by atomic mass is 10.1. The van der Waals surface area contributed by atoms with Gasteiger partial charge >= 0.3 is 0 Å². The fraction of sp³-hybridized carbons (Fsp3) is 0.400. The van der Waals surface area contributed by atoms with Crippen LogP contribution in [0, 0.1) is 6.92 Å². The van der Waals surface area contributed by atoms with Gasteiger partial charge in [-0.1, -0.05) is 22.0 Å². The highest BCUT2D eigenvalue weighted by Crippen LogP contribution is 2.15. The highest BCUT2D eigenvalue weighted by molar-refractivity contribution is 9.10. The first-order valence-electron chi connectivity index (χ1n) is 3.99. The Morgan fingerprint density at radius 1 is 1.25 bits per heavy atom. The summed E-state index contributed by atoms with van der Waals surface area (Å²) in [5.41, 5.74) is 2.66. The van der Waals surface area contributed by atoms with Crippen molar-refractivity contribution in [2.45, 2.75) is 13.5 Å². The normalized spacial score (nSPS) is 10.8. The van der Waals surface area contributed by atoms with Crippen LogP contribution in [0.5, 0.6) is 0 Å². The first kappa shape index (κ1) is 9.75. The summed E-state index contributed by atoms with van der Waals surface area (Å²) in [6.07, 6.45) is 0. The molecule has 0 aliphatic heterocycles. The minimum absolute atomic E-state index is 1.00. The molecular formula is C10H14BrN. The second kappa shape index (κ2) is 4.06. The monoisotopic (exact) mass is 227 g/mol. The summed E-state index contributed by atoms with van der Waals surface area (Å²) in [5, 5.41) is 0. The molecule has 1 aromatic carbocycles. The summed E-state index contributed by atoms with van der Waals surface area (Å²) in [5.74, 6) is 0. The Balaban J connectivity index is 2.85. The molecule has 1 rings (SSSR count). The van der Waals surface area contributed by atoms with Crippen LogP contribution in [0.25, 0.3) is 0 Å². The van der Waals surface area contributed by atoms with Gasteiger partial charge in [0, 0.05) is 11.0 Å². The van der Waals surface area contributed by atoms with Crippen molar-refractivity contribution in [3.8, 4) is 0 Å². The molecule has 12 heavy (non-hydrogen) atoms. The number of hydrogen-bond donors (Lipinski definition) is 0. The Kier molecular flexibility index (Phi) is 3.29. The summed E-state index contributed by atoms with van der Waals surface area (Å²) in [4.78, 5) is 2.17. The number of halogens is 1. The maximum atomic E-state index is 3.48. The molecule has 0 saturated carbocycles. The van der Waals surface area contributed by atoms with Gasteiger partial charge < -0.3 is 4.90 Å². The average Bonchev–Trinajstić information content (AvgIpc) is 1.81. The van der Waals surface area contributed by atoms with Gasteiger partial charge in [0.2, 0.25) is 0 Å². The predicted molar refractivity (Wildman–Crippen MR) is 56.3 cm³/mol. The van der Waals surface area contributed by atoms with Crippen molar-refractivity contribution in [2.24, 2.45) is 0 Å². The Hall–Kier alpha value is -0.340. The molecule has 0 saturated heterocycles.